The summed E-state index contributed by atoms with van der Waals surface area (Å²) in [5.74, 6) is 0.979. The zero-order valence-corrected chi connectivity index (χ0v) is 19.9. The number of thiophene rings is 1. The minimum Gasteiger partial charge on any atom is -0.472 e. The summed E-state index contributed by atoms with van der Waals surface area (Å²) >= 11 is 1.51. The predicted octanol–water partition coefficient (Wildman–Crippen LogP) is 5.17. The lowest BCUT2D eigenvalue weighted by atomic mass is 10.1. The lowest BCUT2D eigenvalue weighted by Crippen LogP contribution is -2.25. The van der Waals surface area contributed by atoms with Crippen LogP contribution in [0.5, 0.6) is 5.88 Å². The van der Waals surface area contributed by atoms with E-state index in [2.05, 4.69) is 30.0 Å². The first-order valence-corrected chi connectivity index (χ1v) is 10.4. The first-order valence-electron chi connectivity index (χ1n) is 9.63. The molecule has 1 fully saturated rings. The highest BCUT2D eigenvalue weighted by Gasteiger charge is 2.31. The van der Waals surface area contributed by atoms with Crippen molar-refractivity contribution in [3.8, 4) is 5.88 Å². The zero-order chi connectivity index (χ0) is 21.8. The van der Waals surface area contributed by atoms with E-state index in [1.54, 1.807) is 6.33 Å². The largest absolute Gasteiger partial charge is 0.472 e. The summed E-state index contributed by atoms with van der Waals surface area (Å²) < 4.78 is 44.9. The maximum absolute atomic E-state index is 12.7. The molecule has 4 aromatic rings. The van der Waals surface area contributed by atoms with Crippen molar-refractivity contribution in [1.29, 1.82) is 0 Å². The third-order valence-electron chi connectivity index (χ3n) is 5.44. The highest BCUT2D eigenvalue weighted by molar-refractivity contribution is 7.26. The van der Waals surface area contributed by atoms with Gasteiger partial charge in [0.25, 0.3) is 0 Å². The van der Waals surface area contributed by atoms with Crippen LogP contribution in [0.3, 0.4) is 0 Å². The van der Waals surface area contributed by atoms with Gasteiger partial charge in [0, 0.05) is 30.6 Å². The molecule has 0 N–H and O–H groups in total. The van der Waals surface area contributed by atoms with Crippen molar-refractivity contribution in [3.05, 3.63) is 41.5 Å². The number of aromatic nitrogens is 5. The number of halogens is 5. The molecule has 0 aliphatic carbocycles. The van der Waals surface area contributed by atoms with Gasteiger partial charge in [0.2, 0.25) is 5.88 Å². The first-order chi connectivity index (χ1) is 14.8. The molecule has 1 aliphatic rings. The van der Waals surface area contributed by atoms with E-state index in [4.69, 9.17) is 4.74 Å². The van der Waals surface area contributed by atoms with Gasteiger partial charge >= 0.3 is 6.18 Å². The second-order valence-electron chi connectivity index (χ2n) is 7.43. The minimum absolute atomic E-state index is 0. The van der Waals surface area contributed by atoms with Gasteiger partial charge in [-0.25, -0.2) is 15.0 Å². The predicted molar refractivity (Wildman–Crippen MR) is 125 cm³/mol. The van der Waals surface area contributed by atoms with E-state index in [-0.39, 0.29) is 36.8 Å². The Morgan fingerprint density at radius 2 is 1.88 bits per heavy atom. The highest BCUT2D eigenvalue weighted by Crippen LogP contribution is 2.39. The fourth-order valence-corrected chi connectivity index (χ4v) is 4.85. The van der Waals surface area contributed by atoms with Crippen molar-refractivity contribution >= 4 is 62.4 Å². The number of hydrogen-bond acceptors (Lipinski definition) is 8. The number of anilines is 1. The normalized spacial score (nSPS) is 16.0. The van der Waals surface area contributed by atoms with Crippen molar-refractivity contribution < 1.29 is 17.9 Å². The second kappa shape index (κ2) is 9.40. The molecule has 0 radical (unpaired) electrons. The van der Waals surface area contributed by atoms with Crippen LogP contribution >= 0.6 is 36.2 Å². The second-order valence-corrected chi connectivity index (χ2v) is 8.42. The average Bonchev–Trinajstić information content (AvgIpc) is 3.35. The SMILES string of the molecule is Cc1nnc2sc3c(N4CC[C@H](Oc5ccc(C(F)(F)F)cn5)C4)ncnc3c2c1C.Cl.Cl. The molecule has 1 saturated heterocycles. The Labute approximate surface area is 203 Å². The lowest BCUT2D eigenvalue weighted by Gasteiger charge is -2.18. The molecule has 0 spiro atoms. The maximum atomic E-state index is 12.7. The summed E-state index contributed by atoms with van der Waals surface area (Å²) in [7, 11) is 0. The van der Waals surface area contributed by atoms with Gasteiger partial charge in [-0.2, -0.15) is 18.3 Å². The Kier molecular flexibility index (Phi) is 7.15. The molecular formula is C20H19Cl2F3N6OS. The quantitative estimate of drug-likeness (QED) is 0.370. The number of rotatable bonds is 3. The Morgan fingerprint density at radius 1 is 1.09 bits per heavy atom. The van der Waals surface area contributed by atoms with E-state index in [1.807, 2.05) is 13.8 Å². The molecule has 0 saturated carbocycles. The Bertz CT molecular complexity index is 1290. The van der Waals surface area contributed by atoms with Crippen LogP contribution in [-0.2, 0) is 6.18 Å². The van der Waals surface area contributed by atoms with Crippen LogP contribution in [0.2, 0.25) is 0 Å². The topological polar surface area (TPSA) is 76.9 Å². The number of ether oxygens (including phenoxy) is 1. The first kappa shape index (κ1) is 25.1. The lowest BCUT2D eigenvalue weighted by molar-refractivity contribution is -0.137. The summed E-state index contributed by atoms with van der Waals surface area (Å²) in [6.45, 7) is 5.18. The molecule has 176 valence electrons. The van der Waals surface area contributed by atoms with Crippen LogP contribution in [0, 0.1) is 13.8 Å². The average molecular weight is 519 g/mol. The van der Waals surface area contributed by atoms with Crippen LogP contribution < -0.4 is 9.64 Å². The van der Waals surface area contributed by atoms with Gasteiger partial charge in [0.1, 0.15) is 23.1 Å². The van der Waals surface area contributed by atoms with Crippen molar-refractivity contribution in [2.45, 2.75) is 32.5 Å². The number of pyridine rings is 1. The molecule has 0 unspecified atom stereocenters. The maximum Gasteiger partial charge on any atom is 0.417 e. The van der Waals surface area contributed by atoms with E-state index in [0.29, 0.717) is 19.5 Å². The molecule has 5 heterocycles. The van der Waals surface area contributed by atoms with Gasteiger partial charge in [0.05, 0.1) is 28.0 Å². The number of alkyl halides is 3. The van der Waals surface area contributed by atoms with Gasteiger partial charge in [-0.3, -0.25) is 0 Å². The van der Waals surface area contributed by atoms with E-state index < -0.39 is 11.7 Å². The molecule has 1 aliphatic heterocycles. The van der Waals surface area contributed by atoms with Crippen molar-refractivity contribution in [2.75, 3.05) is 18.0 Å². The van der Waals surface area contributed by atoms with Crippen molar-refractivity contribution in [2.24, 2.45) is 0 Å². The smallest absolute Gasteiger partial charge is 0.417 e. The Morgan fingerprint density at radius 3 is 2.58 bits per heavy atom. The van der Waals surface area contributed by atoms with Crippen LogP contribution in [0.15, 0.2) is 24.7 Å². The van der Waals surface area contributed by atoms with Crippen LogP contribution in [0.4, 0.5) is 19.0 Å². The number of nitrogens with zero attached hydrogens (tertiary/aromatic N) is 6. The molecule has 0 aromatic carbocycles. The summed E-state index contributed by atoms with van der Waals surface area (Å²) in [5.41, 5.74) is 1.98. The molecule has 0 bridgehead atoms. The fraction of sp³-hybridized carbons (Fsp3) is 0.350. The van der Waals surface area contributed by atoms with Crippen LogP contribution in [0.1, 0.15) is 23.2 Å². The van der Waals surface area contributed by atoms with Gasteiger partial charge in [0.15, 0.2) is 0 Å². The molecule has 7 nitrogen and oxygen atoms in total. The highest BCUT2D eigenvalue weighted by atomic mass is 35.5. The molecule has 5 rings (SSSR count). The molecule has 13 heteroatoms. The number of hydrogen-bond donors (Lipinski definition) is 0. The third-order valence-corrected chi connectivity index (χ3v) is 6.50. The third kappa shape index (κ3) is 4.62. The fourth-order valence-electron chi connectivity index (χ4n) is 3.70. The summed E-state index contributed by atoms with van der Waals surface area (Å²) in [4.78, 5) is 15.7. The molecule has 4 aromatic heterocycles. The van der Waals surface area contributed by atoms with Gasteiger partial charge in [-0.1, -0.05) is 0 Å². The summed E-state index contributed by atoms with van der Waals surface area (Å²) in [5, 5.41) is 9.52. The molecule has 1 atom stereocenters. The van der Waals surface area contributed by atoms with E-state index in [9.17, 15) is 13.2 Å². The van der Waals surface area contributed by atoms with Gasteiger partial charge in [-0.15, -0.1) is 41.2 Å². The molecular weight excluding hydrogens is 500 g/mol. The molecule has 0 amide bonds. The van der Waals surface area contributed by atoms with Crippen molar-refractivity contribution in [1.82, 2.24) is 25.1 Å². The van der Waals surface area contributed by atoms with E-state index >= 15 is 0 Å². The Balaban J connectivity index is 0.00000153. The van der Waals surface area contributed by atoms with Crippen LogP contribution in [-0.4, -0.2) is 44.3 Å². The minimum atomic E-state index is -4.42. The standard InChI is InChI=1S/C20H17F3N6OS.2ClH/c1-10-11(2)27-28-19-15(10)16-17(31-19)18(26-9-25-16)29-6-5-13(8-29)30-14-4-3-12(7-24-14)20(21,22)23;;/h3-4,7,9,13H,5-6,8H2,1-2H3;2*1H/t13-;;/m0../s1. The number of aryl methyl sites for hydroxylation is 2. The molecule has 33 heavy (non-hydrogen) atoms. The van der Waals surface area contributed by atoms with E-state index in [0.717, 1.165) is 49.8 Å². The number of fused-ring (bicyclic) bond motifs is 3. The summed E-state index contributed by atoms with van der Waals surface area (Å²) in [6, 6.07) is 2.23. The Hall–Kier alpha value is -2.50. The van der Waals surface area contributed by atoms with Gasteiger partial charge < -0.3 is 9.64 Å². The van der Waals surface area contributed by atoms with E-state index in [1.165, 1.54) is 17.4 Å². The van der Waals surface area contributed by atoms with Crippen LogP contribution in [0.25, 0.3) is 20.4 Å². The van der Waals surface area contributed by atoms with Crippen molar-refractivity contribution in [3.63, 3.8) is 0 Å². The zero-order valence-electron chi connectivity index (χ0n) is 17.5. The summed E-state index contributed by atoms with van der Waals surface area (Å²) in [6.07, 6.45) is -1.58. The monoisotopic (exact) mass is 518 g/mol. The van der Waals surface area contributed by atoms with Gasteiger partial charge in [-0.05, 0) is 25.5 Å².